The molecule has 88 valence electrons. The summed E-state index contributed by atoms with van der Waals surface area (Å²) < 4.78 is 0. The number of hydrogen-bond donors (Lipinski definition) is 2. The third kappa shape index (κ3) is 4.15. The van der Waals surface area contributed by atoms with Crippen LogP contribution in [0, 0.1) is 0 Å². The molecule has 0 amide bonds. The fourth-order valence-corrected chi connectivity index (χ4v) is 1.85. The van der Waals surface area contributed by atoms with E-state index in [-0.39, 0.29) is 6.42 Å². The molecule has 0 aliphatic carbocycles. The molecule has 2 unspecified atom stereocenters. The third-order valence-electron chi connectivity index (χ3n) is 2.92. The van der Waals surface area contributed by atoms with Crippen molar-refractivity contribution in [3.63, 3.8) is 0 Å². The number of carbonyl (C=O) groups is 1. The van der Waals surface area contributed by atoms with Gasteiger partial charge in [0, 0.05) is 32.2 Å². The van der Waals surface area contributed by atoms with Crippen LogP contribution in [0.1, 0.15) is 13.3 Å². The predicted octanol–water partition coefficient (Wildman–Crippen LogP) is -0.542. The molecule has 1 aliphatic rings. The Hall–Kier alpha value is -0.650. The van der Waals surface area contributed by atoms with Crippen LogP contribution in [0.3, 0.4) is 0 Å². The highest BCUT2D eigenvalue weighted by molar-refractivity contribution is 5.67. The lowest BCUT2D eigenvalue weighted by molar-refractivity contribution is -0.139. The van der Waals surface area contributed by atoms with E-state index in [1.165, 1.54) is 0 Å². The predicted molar refractivity (Wildman–Crippen MR) is 56.8 cm³/mol. The first-order chi connectivity index (χ1) is 6.99. The number of piperazine rings is 1. The van der Waals surface area contributed by atoms with Crippen molar-refractivity contribution in [3.8, 4) is 0 Å². The molecule has 1 fully saturated rings. The van der Waals surface area contributed by atoms with E-state index in [4.69, 9.17) is 5.11 Å². The van der Waals surface area contributed by atoms with E-state index in [1.807, 2.05) is 0 Å². The molecule has 1 rings (SSSR count). The maximum absolute atomic E-state index is 10.4. The van der Waals surface area contributed by atoms with Gasteiger partial charge in [-0.05, 0) is 14.0 Å². The fourth-order valence-electron chi connectivity index (χ4n) is 1.85. The fraction of sp³-hybridized carbons (Fsp3) is 0.900. The molecular formula is C10H20N2O3. The number of aliphatic hydroxyl groups excluding tert-OH is 1. The number of rotatable bonds is 4. The van der Waals surface area contributed by atoms with Gasteiger partial charge >= 0.3 is 5.97 Å². The Bertz CT molecular complexity index is 223. The molecule has 0 saturated carbocycles. The zero-order valence-corrected chi connectivity index (χ0v) is 9.39. The van der Waals surface area contributed by atoms with Gasteiger partial charge in [-0.15, -0.1) is 0 Å². The van der Waals surface area contributed by atoms with E-state index in [2.05, 4.69) is 23.8 Å². The average molecular weight is 216 g/mol. The first-order valence-corrected chi connectivity index (χ1v) is 5.31. The summed E-state index contributed by atoms with van der Waals surface area (Å²) in [5.41, 5.74) is 0. The normalized spacial score (nSPS) is 26.5. The van der Waals surface area contributed by atoms with Gasteiger partial charge in [0.1, 0.15) is 0 Å². The van der Waals surface area contributed by atoms with E-state index < -0.39 is 12.1 Å². The van der Waals surface area contributed by atoms with Crippen molar-refractivity contribution in [3.05, 3.63) is 0 Å². The minimum Gasteiger partial charge on any atom is -0.481 e. The van der Waals surface area contributed by atoms with Crippen LogP contribution in [0.2, 0.25) is 0 Å². The Morgan fingerprint density at radius 1 is 1.53 bits per heavy atom. The Balaban J connectivity index is 2.30. The number of aliphatic carboxylic acids is 1. The molecule has 0 aromatic carbocycles. The Morgan fingerprint density at radius 3 is 2.73 bits per heavy atom. The van der Waals surface area contributed by atoms with Crippen LogP contribution in [0.5, 0.6) is 0 Å². The monoisotopic (exact) mass is 216 g/mol. The van der Waals surface area contributed by atoms with Gasteiger partial charge in [-0.25, -0.2) is 0 Å². The largest absolute Gasteiger partial charge is 0.481 e. The molecule has 0 aromatic rings. The Kier molecular flexibility index (Phi) is 4.50. The van der Waals surface area contributed by atoms with Gasteiger partial charge in [-0.1, -0.05) is 0 Å². The quantitative estimate of drug-likeness (QED) is 0.660. The number of nitrogens with zero attached hydrogens (tertiary/aromatic N) is 2. The van der Waals surface area contributed by atoms with Crippen molar-refractivity contribution in [1.82, 2.24) is 9.80 Å². The molecular weight excluding hydrogens is 196 g/mol. The van der Waals surface area contributed by atoms with Gasteiger partial charge < -0.3 is 15.1 Å². The zero-order chi connectivity index (χ0) is 11.4. The molecule has 1 saturated heterocycles. The number of aliphatic hydroxyl groups is 1. The van der Waals surface area contributed by atoms with Crippen molar-refractivity contribution in [2.45, 2.75) is 25.5 Å². The summed E-state index contributed by atoms with van der Waals surface area (Å²) in [6.07, 6.45) is -0.918. The molecule has 15 heavy (non-hydrogen) atoms. The maximum Gasteiger partial charge on any atom is 0.306 e. The summed E-state index contributed by atoms with van der Waals surface area (Å²) in [5.74, 6) is -0.940. The Morgan fingerprint density at radius 2 is 2.20 bits per heavy atom. The van der Waals surface area contributed by atoms with Gasteiger partial charge in [-0.2, -0.15) is 0 Å². The van der Waals surface area contributed by atoms with Crippen LogP contribution in [0.15, 0.2) is 0 Å². The second kappa shape index (κ2) is 5.44. The minimum absolute atomic E-state index is 0.166. The molecule has 0 radical (unpaired) electrons. The lowest BCUT2D eigenvalue weighted by atomic mass is 10.1. The van der Waals surface area contributed by atoms with E-state index in [1.54, 1.807) is 0 Å². The number of β-amino-alcohol motifs (C(OH)–C–C–N with tert-alkyl or cyclic N) is 1. The SMILES string of the molecule is CC1CN(CC(O)CC(=O)O)CCN1C. The van der Waals surface area contributed by atoms with Crippen LogP contribution in [0.4, 0.5) is 0 Å². The second-order valence-electron chi connectivity index (χ2n) is 4.34. The number of carboxylic acid groups (broad SMARTS) is 1. The van der Waals surface area contributed by atoms with Crippen LogP contribution in [0.25, 0.3) is 0 Å². The summed E-state index contributed by atoms with van der Waals surface area (Å²) in [5, 5.41) is 18.0. The number of hydrogen-bond acceptors (Lipinski definition) is 4. The summed E-state index contributed by atoms with van der Waals surface area (Å²) >= 11 is 0. The second-order valence-corrected chi connectivity index (χ2v) is 4.34. The molecule has 2 N–H and O–H groups in total. The Labute approximate surface area is 90.3 Å². The van der Waals surface area contributed by atoms with Gasteiger partial charge in [0.15, 0.2) is 0 Å². The molecule has 5 nitrogen and oxygen atoms in total. The van der Waals surface area contributed by atoms with E-state index in [9.17, 15) is 9.90 Å². The molecule has 0 bridgehead atoms. The molecule has 1 aliphatic heterocycles. The van der Waals surface area contributed by atoms with Gasteiger partial charge in [-0.3, -0.25) is 9.69 Å². The summed E-state index contributed by atoms with van der Waals surface area (Å²) in [7, 11) is 2.08. The topological polar surface area (TPSA) is 64.0 Å². The first-order valence-electron chi connectivity index (χ1n) is 5.31. The molecule has 5 heteroatoms. The molecule has 1 heterocycles. The highest BCUT2D eigenvalue weighted by Gasteiger charge is 2.22. The van der Waals surface area contributed by atoms with Crippen molar-refractivity contribution in [2.75, 3.05) is 33.2 Å². The van der Waals surface area contributed by atoms with Gasteiger partial charge in [0.25, 0.3) is 0 Å². The van der Waals surface area contributed by atoms with Crippen LogP contribution in [-0.4, -0.2) is 71.4 Å². The number of likely N-dealkylation sites (N-methyl/N-ethyl adjacent to an activating group) is 1. The van der Waals surface area contributed by atoms with Gasteiger partial charge in [0.2, 0.25) is 0 Å². The minimum atomic E-state index is -0.940. The molecule has 2 atom stereocenters. The smallest absolute Gasteiger partial charge is 0.306 e. The highest BCUT2D eigenvalue weighted by atomic mass is 16.4. The van der Waals surface area contributed by atoms with Gasteiger partial charge in [0.05, 0.1) is 12.5 Å². The van der Waals surface area contributed by atoms with Crippen molar-refractivity contribution in [2.24, 2.45) is 0 Å². The lowest BCUT2D eigenvalue weighted by Gasteiger charge is -2.38. The maximum atomic E-state index is 10.4. The first kappa shape index (κ1) is 12.4. The van der Waals surface area contributed by atoms with E-state index in [0.29, 0.717) is 12.6 Å². The standard InChI is InChI=1S/C10H20N2O3/c1-8-6-12(4-3-11(8)2)7-9(13)5-10(14)15/h8-9,13H,3-7H2,1-2H3,(H,14,15). The van der Waals surface area contributed by atoms with E-state index >= 15 is 0 Å². The zero-order valence-electron chi connectivity index (χ0n) is 9.39. The molecule has 0 aromatic heterocycles. The summed E-state index contributed by atoms with van der Waals surface area (Å²) in [6, 6.07) is 0.468. The highest BCUT2D eigenvalue weighted by Crippen LogP contribution is 2.08. The summed E-state index contributed by atoms with van der Waals surface area (Å²) in [6.45, 7) is 5.37. The molecule has 0 spiro atoms. The van der Waals surface area contributed by atoms with E-state index in [0.717, 1.165) is 19.6 Å². The number of carboxylic acids is 1. The van der Waals surface area contributed by atoms with Crippen molar-refractivity contribution in [1.29, 1.82) is 0 Å². The van der Waals surface area contributed by atoms with Crippen molar-refractivity contribution >= 4 is 5.97 Å². The van der Waals surface area contributed by atoms with Crippen LogP contribution >= 0.6 is 0 Å². The van der Waals surface area contributed by atoms with Crippen molar-refractivity contribution < 1.29 is 15.0 Å². The third-order valence-corrected chi connectivity index (χ3v) is 2.92. The van der Waals surface area contributed by atoms with Crippen LogP contribution < -0.4 is 0 Å². The summed E-state index contributed by atoms with van der Waals surface area (Å²) in [4.78, 5) is 14.8. The average Bonchev–Trinajstić information content (AvgIpc) is 2.10. The lowest BCUT2D eigenvalue weighted by Crippen LogP contribution is -2.51. The van der Waals surface area contributed by atoms with Crippen LogP contribution in [-0.2, 0) is 4.79 Å².